The third kappa shape index (κ3) is 2.89. The smallest absolute Gasteiger partial charge is 0.254 e. The van der Waals surface area contributed by atoms with Crippen LogP contribution < -0.4 is 5.73 Å². The van der Waals surface area contributed by atoms with E-state index in [2.05, 4.69) is 4.98 Å². The summed E-state index contributed by atoms with van der Waals surface area (Å²) >= 11 is 0. The molecule has 1 amide bonds. The summed E-state index contributed by atoms with van der Waals surface area (Å²) in [6, 6.07) is 11.6. The molecule has 1 aromatic carbocycles. The molecule has 1 aliphatic carbocycles. The van der Waals surface area contributed by atoms with Gasteiger partial charge in [-0.15, -0.1) is 0 Å². The first-order valence-electron chi connectivity index (χ1n) is 7.23. The van der Waals surface area contributed by atoms with Gasteiger partial charge in [-0.1, -0.05) is 12.1 Å². The van der Waals surface area contributed by atoms with Gasteiger partial charge in [0, 0.05) is 23.5 Å². The van der Waals surface area contributed by atoms with Crippen LogP contribution in [0.15, 0.2) is 42.6 Å². The van der Waals surface area contributed by atoms with E-state index in [1.165, 1.54) is 0 Å². The van der Waals surface area contributed by atoms with Crippen LogP contribution in [-0.2, 0) is 6.54 Å². The minimum absolute atomic E-state index is 0.0490. The van der Waals surface area contributed by atoms with Gasteiger partial charge in [-0.2, -0.15) is 0 Å². The number of amides is 1. The van der Waals surface area contributed by atoms with Gasteiger partial charge in [0.1, 0.15) is 0 Å². The Morgan fingerprint density at radius 3 is 2.76 bits per heavy atom. The van der Waals surface area contributed by atoms with Crippen LogP contribution >= 0.6 is 0 Å². The van der Waals surface area contributed by atoms with Crippen molar-refractivity contribution in [2.24, 2.45) is 0 Å². The third-order valence-electron chi connectivity index (χ3n) is 3.91. The maximum Gasteiger partial charge on any atom is 0.254 e. The monoisotopic (exact) mass is 281 g/mol. The predicted octanol–water partition coefficient (Wildman–Crippen LogP) is 2.78. The van der Waals surface area contributed by atoms with E-state index in [9.17, 15) is 4.79 Å². The Balaban J connectivity index is 1.87. The highest BCUT2D eigenvalue weighted by Crippen LogP contribution is 2.30. The Hall–Kier alpha value is -2.36. The quantitative estimate of drug-likeness (QED) is 0.877. The van der Waals surface area contributed by atoms with Crippen LogP contribution in [0.25, 0.3) is 0 Å². The maximum atomic E-state index is 12.8. The zero-order chi connectivity index (χ0) is 14.8. The molecule has 1 aromatic heterocycles. The maximum absolute atomic E-state index is 12.8. The first kappa shape index (κ1) is 13.6. The number of carbonyl (C=O) groups excluding carboxylic acids is 1. The van der Waals surface area contributed by atoms with E-state index in [0.717, 1.165) is 24.1 Å². The molecule has 1 aliphatic rings. The molecule has 1 fully saturated rings. The molecule has 0 radical (unpaired) electrons. The summed E-state index contributed by atoms with van der Waals surface area (Å²) in [7, 11) is 0. The fourth-order valence-electron chi connectivity index (χ4n) is 2.46. The molecule has 108 valence electrons. The van der Waals surface area contributed by atoms with Gasteiger partial charge in [-0.05, 0) is 49.6 Å². The van der Waals surface area contributed by atoms with Crippen molar-refractivity contribution in [3.63, 3.8) is 0 Å². The Morgan fingerprint density at radius 2 is 2.10 bits per heavy atom. The Morgan fingerprint density at radius 1 is 1.29 bits per heavy atom. The first-order chi connectivity index (χ1) is 10.2. The molecule has 2 aromatic rings. The number of hydrogen-bond donors (Lipinski definition) is 1. The average Bonchev–Trinajstić information content (AvgIpc) is 3.33. The highest BCUT2D eigenvalue weighted by molar-refractivity contribution is 5.97. The standard InChI is InChI=1S/C17H19N3O/c1-12-15(6-4-7-16(12)18)17(21)20(14-8-9-14)11-13-5-2-3-10-19-13/h2-7,10,14H,8-9,11,18H2,1H3. The SMILES string of the molecule is Cc1c(N)cccc1C(=O)N(Cc1ccccn1)C1CC1. The molecule has 0 unspecified atom stereocenters. The fraction of sp³-hybridized carbons (Fsp3) is 0.294. The molecule has 0 spiro atoms. The predicted molar refractivity (Wildman–Crippen MR) is 82.7 cm³/mol. The van der Waals surface area contributed by atoms with E-state index < -0.39 is 0 Å². The van der Waals surface area contributed by atoms with Gasteiger partial charge in [0.15, 0.2) is 0 Å². The van der Waals surface area contributed by atoms with Gasteiger partial charge in [0.25, 0.3) is 5.91 Å². The number of nitrogens with zero attached hydrogens (tertiary/aromatic N) is 2. The van der Waals surface area contributed by atoms with Crippen LogP contribution in [0.3, 0.4) is 0 Å². The normalized spacial score (nSPS) is 14.0. The highest BCUT2D eigenvalue weighted by Gasteiger charge is 2.33. The molecule has 2 N–H and O–H groups in total. The summed E-state index contributed by atoms with van der Waals surface area (Å²) in [5, 5.41) is 0. The number of hydrogen-bond acceptors (Lipinski definition) is 3. The van der Waals surface area contributed by atoms with Crippen molar-refractivity contribution in [1.29, 1.82) is 0 Å². The lowest BCUT2D eigenvalue weighted by Gasteiger charge is -2.23. The zero-order valence-corrected chi connectivity index (χ0v) is 12.1. The lowest BCUT2D eigenvalue weighted by Crippen LogP contribution is -2.33. The van der Waals surface area contributed by atoms with E-state index in [1.54, 1.807) is 6.20 Å². The zero-order valence-electron chi connectivity index (χ0n) is 12.1. The summed E-state index contributed by atoms with van der Waals surface area (Å²) < 4.78 is 0. The lowest BCUT2D eigenvalue weighted by molar-refractivity contribution is 0.0727. The van der Waals surface area contributed by atoms with Crippen LogP contribution in [0.5, 0.6) is 0 Å². The number of rotatable bonds is 4. The van der Waals surface area contributed by atoms with E-state index >= 15 is 0 Å². The lowest BCUT2D eigenvalue weighted by atomic mass is 10.1. The number of carbonyl (C=O) groups is 1. The van der Waals surface area contributed by atoms with Crippen LogP contribution in [0.1, 0.15) is 34.5 Å². The van der Waals surface area contributed by atoms with Crippen molar-refractivity contribution in [2.75, 3.05) is 5.73 Å². The number of benzene rings is 1. The second kappa shape index (κ2) is 5.56. The molecule has 21 heavy (non-hydrogen) atoms. The van der Waals surface area contributed by atoms with Crippen molar-refractivity contribution in [3.8, 4) is 0 Å². The topological polar surface area (TPSA) is 59.2 Å². The van der Waals surface area contributed by atoms with Crippen LogP contribution in [-0.4, -0.2) is 21.8 Å². The Bertz CT molecular complexity index is 650. The molecule has 1 heterocycles. The molecular formula is C17H19N3O. The molecule has 4 heteroatoms. The Labute approximate surface area is 124 Å². The van der Waals surface area contributed by atoms with Crippen molar-refractivity contribution < 1.29 is 4.79 Å². The van der Waals surface area contributed by atoms with E-state index in [4.69, 9.17) is 5.73 Å². The molecule has 0 atom stereocenters. The summed E-state index contributed by atoms with van der Waals surface area (Å²) in [4.78, 5) is 19.1. The van der Waals surface area contributed by atoms with E-state index in [0.29, 0.717) is 23.8 Å². The van der Waals surface area contributed by atoms with Crippen LogP contribution in [0, 0.1) is 6.92 Å². The molecule has 0 bridgehead atoms. The number of nitrogens with two attached hydrogens (primary N) is 1. The highest BCUT2D eigenvalue weighted by atomic mass is 16.2. The molecule has 1 saturated carbocycles. The van der Waals surface area contributed by atoms with Crippen LogP contribution in [0.4, 0.5) is 5.69 Å². The second-order valence-electron chi connectivity index (χ2n) is 5.51. The van der Waals surface area contributed by atoms with Gasteiger partial charge in [0.2, 0.25) is 0 Å². The molecule has 0 saturated heterocycles. The molecular weight excluding hydrogens is 262 g/mol. The minimum Gasteiger partial charge on any atom is -0.398 e. The molecule has 4 nitrogen and oxygen atoms in total. The third-order valence-corrected chi connectivity index (χ3v) is 3.91. The van der Waals surface area contributed by atoms with Gasteiger partial charge in [0.05, 0.1) is 12.2 Å². The van der Waals surface area contributed by atoms with E-state index in [1.807, 2.05) is 48.2 Å². The number of pyridine rings is 1. The fourth-order valence-corrected chi connectivity index (χ4v) is 2.46. The summed E-state index contributed by atoms with van der Waals surface area (Å²) in [5.41, 5.74) is 9.05. The number of nitrogen functional groups attached to an aromatic ring is 1. The molecule has 3 rings (SSSR count). The van der Waals surface area contributed by atoms with Crippen molar-refractivity contribution >= 4 is 11.6 Å². The summed E-state index contributed by atoms with van der Waals surface area (Å²) in [5.74, 6) is 0.0490. The van der Waals surface area contributed by atoms with Crippen molar-refractivity contribution in [2.45, 2.75) is 32.4 Å². The van der Waals surface area contributed by atoms with Gasteiger partial charge in [-0.3, -0.25) is 9.78 Å². The molecule has 0 aliphatic heterocycles. The largest absolute Gasteiger partial charge is 0.398 e. The van der Waals surface area contributed by atoms with E-state index in [-0.39, 0.29) is 5.91 Å². The minimum atomic E-state index is 0.0490. The van der Waals surface area contributed by atoms with Gasteiger partial charge >= 0.3 is 0 Å². The Kier molecular flexibility index (Phi) is 3.60. The average molecular weight is 281 g/mol. The van der Waals surface area contributed by atoms with Gasteiger partial charge < -0.3 is 10.6 Å². The van der Waals surface area contributed by atoms with Gasteiger partial charge in [-0.25, -0.2) is 0 Å². The van der Waals surface area contributed by atoms with Crippen LogP contribution in [0.2, 0.25) is 0 Å². The van der Waals surface area contributed by atoms with Crippen molar-refractivity contribution in [3.05, 3.63) is 59.4 Å². The second-order valence-corrected chi connectivity index (χ2v) is 5.51. The summed E-state index contributed by atoms with van der Waals surface area (Å²) in [6.07, 6.45) is 3.90. The summed E-state index contributed by atoms with van der Waals surface area (Å²) in [6.45, 7) is 2.45. The number of aromatic nitrogens is 1. The number of anilines is 1. The van der Waals surface area contributed by atoms with Crippen molar-refractivity contribution in [1.82, 2.24) is 9.88 Å². The first-order valence-corrected chi connectivity index (χ1v) is 7.23.